The van der Waals surface area contributed by atoms with Gasteiger partial charge in [-0.05, 0) is 0 Å². The second-order valence-corrected chi connectivity index (χ2v) is 0. The van der Waals surface area contributed by atoms with Gasteiger partial charge in [-0.3, -0.25) is 0 Å². The van der Waals surface area contributed by atoms with Gasteiger partial charge in [0.2, 0.25) is 0 Å². The first-order valence-electron chi connectivity index (χ1n) is 0.816. The van der Waals surface area contributed by atoms with Crippen molar-refractivity contribution in [2.75, 3.05) is 6.26 Å². The van der Waals surface area contributed by atoms with E-state index < -0.39 is 0 Å². The summed E-state index contributed by atoms with van der Waals surface area (Å²) in [5.74, 6) is 0. The first-order valence-corrected chi connectivity index (χ1v) is 1.63. The molecule has 0 bridgehead atoms. The van der Waals surface area contributed by atoms with Crippen LogP contribution in [0.5, 0.6) is 0 Å². The Kier molecular flexibility index (Phi) is 310000. The van der Waals surface area contributed by atoms with Gasteiger partial charge in [-0.1, -0.05) is 0 Å². The molecule has 6 heteroatoms. The van der Waals surface area contributed by atoms with Crippen LogP contribution in [-0.4, -0.2) is 19.8 Å². The number of hydrogen-bond acceptors (Lipinski definition) is 3. The molecule has 0 saturated heterocycles. The minimum atomic E-state index is 0. The van der Waals surface area contributed by atoms with Crippen molar-refractivity contribution in [1.82, 2.24) is 0 Å². The van der Waals surface area contributed by atoms with Crippen LogP contribution in [0.3, 0.4) is 0 Å². The maximum atomic E-state index is 7.50. The van der Waals surface area contributed by atoms with Crippen molar-refractivity contribution in [1.29, 1.82) is 0 Å². The Morgan fingerprint density at radius 2 is 0.900 bits per heavy atom. The Hall–Kier alpha value is 0.129. The maximum absolute atomic E-state index is 7.50. The molecule has 62 valence electrons. The van der Waals surface area contributed by atoms with E-state index in [9.17, 15) is 0 Å². The van der Waals surface area contributed by atoms with Gasteiger partial charge < -0.3 is 55.5 Å². The number of rotatable bonds is 0. The maximum Gasteiger partial charge on any atom is 6.00 e. The van der Waals surface area contributed by atoms with Gasteiger partial charge in [-0.25, -0.2) is 0 Å². The van der Waals surface area contributed by atoms with Crippen LogP contribution < -0.4 is 0 Å². The third-order valence-corrected chi connectivity index (χ3v) is 0. The Balaban J connectivity index is -0.00000000225. The van der Waals surface area contributed by atoms with E-state index in [0.29, 0.717) is 0 Å². The fourth-order valence-corrected chi connectivity index (χ4v) is 0. The van der Waals surface area contributed by atoms with E-state index in [4.69, 9.17) is 9.59 Å². The van der Waals surface area contributed by atoms with Crippen LogP contribution in [0.4, 0.5) is 0 Å². The first-order chi connectivity index (χ1) is 3.00. The van der Waals surface area contributed by atoms with Crippen LogP contribution in [0.2, 0.25) is 0 Å². The van der Waals surface area contributed by atoms with E-state index in [1.54, 1.807) is 6.26 Å². The second kappa shape index (κ2) is 36000. The molecule has 0 atom stereocenters. The molecule has 0 aromatic rings. The molecule has 0 unspecified atom stereocenters. The minimum absolute atomic E-state index is 0. The zero-order chi connectivity index (χ0) is 6.00. The third kappa shape index (κ3) is 24600. The van der Waals surface area contributed by atoms with Crippen LogP contribution in [0.25, 0.3) is 12.3 Å². The first kappa shape index (κ1) is 86.2. The van der Waals surface area contributed by atoms with Gasteiger partial charge in [0, 0.05) is 0 Å². The van der Waals surface area contributed by atoms with Crippen molar-refractivity contribution in [3.63, 3.8) is 0 Å². The van der Waals surface area contributed by atoms with Crippen LogP contribution >= 0.6 is 0 Å². The summed E-state index contributed by atoms with van der Waals surface area (Å²) >= 11 is 4.08. The van der Waals surface area contributed by atoms with E-state index >= 15 is 0 Å². The average molecular weight is 206 g/mol. The number of nitrogens with two attached hydrogens (primary N) is 2. The summed E-state index contributed by atoms with van der Waals surface area (Å²) in [5.41, 5.74) is 0. The molecule has 0 aromatic heterocycles. The van der Waals surface area contributed by atoms with Crippen molar-refractivity contribution in [2.24, 2.45) is 0 Å². The van der Waals surface area contributed by atoms with E-state index in [-0.39, 0.29) is 36.8 Å². The molecule has 0 spiro atoms. The molecular weight excluding hydrogens is 196 g/mol. The monoisotopic (exact) mass is 206 g/mol. The summed E-state index contributed by atoms with van der Waals surface area (Å²) in [4.78, 5) is 15.0. The van der Waals surface area contributed by atoms with Gasteiger partial charge >= 0.3 is 17.1 Å². The quantitative estimate of drug-likeness (QED) is 0.338. The van der Waals surface area contributed by atoms with Gasteiger partial charge in [-0.2, -0.15) is 6.26 Å². The van der Waals surface area contributed by atoms with Gasteiger partial charge in [0.1, 0.15) is 0 Å². The van der Waals surface area contributed by atoms with E-state index in [1.165, 1.54) is 0 Å². The molecule has 4 N–H and O–H groups in total. The molecule has 0 aliphatic rings. The summed E-state index contributed by atoms with van der Waals surface area (Å²) in [6.45, 7) is 9.00. The van der Waals surface area contributed by atoms with E-state index in [1.807, 2.05) is 0 Å². The van der Waals surface area contributed by atoms with Crippen LogP contribution in [-0.2, 0) is 39.3 Å². The standard InChI is InChI=1S/2CO.CH4S.CH3.Fe.2H2N/c3*1-2;;;;/h;;2H,1H3;1H3;;2*1H2/q2*-1;;-1;+6;2*-1/p-1. The molecule has 4 nitrogen and oxygen atoms in total. The Labute approximate surface area is 79.2 Å². The normalized spacial score (nSPS) is 1.40. The molecule has 2 radical (unpaired) electrons. The molecule has 0 aliphatic carbocycles. The predicted molar refractivity (Wildman–Crippen MR) is 41.7 cm³/mol. The average Bonchev–Trinajstić information content (AvgIpc) is 1.81. The fourth-order valence-electron chi connectivity index (χ4n) is 0. The topological polar surface area (TPSA) is 101 Å². The van der Waals surface area contributed by atoms with Crippen LogP contribution in [0, 0.1) is 7.43 Å². The summed E-state index contributed by atoms with van der Waals surface area (Å²) in [6.07, 6.45) is 1.58. The van der Waals surface area contributed by atoms with E-state index in [0.717, 1.165) is 0 Å². The molecular formula is C4H10FeN2O2S. The van der Waals surface area contributed by atoms with Crippen LogP contribution in [0.15, 0.2) is 0 Å². The van der Waals surface area contributed by atoms with Crippen molar-refractivity contribution in [3.05, 3.63) is 19.7 Å². The van der Waals surface area contributed by atoms with Crippen molar-refractivity contribution < 1.29 is 26.7 Å². The van der Waals surface area contributed by atoms with Crippen molar-refractivity contribution in [2.45, 2.75) is 0 Å². The molecule has 0 aliphatic heterocycles. The molecule has 10 heavy (non-hydrogen) atoms. The Morgan fingerprint density at radius 3 is 0.900 bits per heavy atom. The van der Waals surface area contributed by atoms with Gasteiger partial charge in [0.25, 0.3) is 0 Å². The Morgan fingerprint density at radius 1 is 0.900 bits per heavy atom. The Bertz CT molecular complexity index is 23.2. The van der Waals surface area contributed by atoms with Crippen LogP contribution in [0.1, 0.15) is 0 Å². The molecule has 0 rings (SSSR count). The molecule has 0 saturated carbocycles. The van der Waals surface area contributed by atoms with Crippen molar-refractivity contribution >= 4 is 26.2 Å². The SMILES string of the molecule is C[S-].[C-]=O.[C-]=O.[CH3-].[Fe+6].[NH2-].[NH2-]. The minimum Gasteiger partial charge on any atom is -0.796 e. The van der Waals surface area contributed by atoms with Gasteiger partial charge in [-0.15, -0.1) is 0 Å². The molecule has 0 amide bonds. The number of hydrogen-bond donors (Lipinski definition) is 0. The van der Waals surface area contributed by atoms with E-state index in [2.05, 4.69) is 26.2 Å². The van der Waals surface area contributed by atoms with Gasteiger partial charge in [0.15, 0.2) is 0 Å². The summed E-state index contributed by atoms with van der Waals surface area (Å²) < 4.78 is 0. The predicted octanol–water partition coefficient (Wildman–Crippen LogP) is 1.25. The second-order valence-electron chi connectivity index (χ2n) is 0. The third-order valence-electron chi connectivity index (χ3n) is 0. The fraction of sp³-hybridized carbons (Fsp3) is 0.250. The summed E-state index contributed by atoms with van der Waals surface area (Å²) in [6, 6.07) is 0. The summed E-state index contributed by atoms with van der Waals surface area (Å²) in [5, 5.41) is 0. The van der Waals surface area contributed by atoms with Crippen molar-refractivity contribution in [3.8, 4) is 0 Å². The smallest absolute Gasteiger partial charge is 0.796 e. The zero-order valence-corrected chi connectivity index (χ0v) is 7.65. The number of carbonyl (C=O) groups excluding carboxylic acids is 2. The molecule has 0 aromatic carbocycles. The zero-order valence-electron chi connectivity index (χ0n) is 5.73. The molecule has 0 heterocycles. The van der Waals surface area contributed by atoms with Gasteiger partial charge in [0.05, 0.1) is 0 Å². The largest absolute Gasteiger partial charge is 6.00 e. The molecule has 0 fully saturated rings. The summed E-state index contributed by atoms with van der Waals surface area (Å²) in [7, 11) is 0.